The molecule has 1 aromatic heterocycles. The minimum atomic E-state index is -0.388. The number of nitrogens with zero attached hydrogens (tertiary/aromatic N) is 2. The molecule has 2 nitrogen and oxygen atoms in total. The molecule has 0 unspecified atom stereocenters. The van der Waals surface area contributed by atoms with Crippen LogP contribution in [0.25, 0.3) is 43.6 Å². The third kappa shape index (κ3) is 4.30. The fourth-order valence-electron chi connectivity index (χ4n) is 6.36. The molecule has 0 atom stereocenters. The number of rotatable bonds is 3. The van der Waals surface area contributed by atoms with Crippen molar-refractivity contribution in [3.05, 3.63) is 77.0 Å². The third-order valence-corrected chi connectivity index (χ3v) is 9.35. The molecule has 0 saturated carbocycles. The minimum absolute atomic E-state index is 0.173. The minimum Gasteiger partial charge on any atom is -0.200 e. The predicted octanol–water partition coefficient (Wildman–Crippen LogP) is 9.40. The van der Waals surface area contributed by atoms with E-state index in [4.69, 9.17) is 0 Å². The van der Waals surface area contributed by atoms with Crippen molar-refractivity contribution >= 4 is 44.1 Å². The highest BCUT2D eigenvalue weighted by atomic mass is 32.2. The lowest BCUT2D eigenvalue weighted by Crippen LogP contribution is -2.32. The van der Waals surface area contributed by atoms with Gasteiger partial charge < -0.3 is 0 Å². The number of nitriles is 1. The number of hydrogen-bond donors (Lipinski definition) is 0. The van der Waals surface area contributed by atoms with Gasteiger partial charge in [-0.2, -0.15) is 5.26 Å². The van der Waals surface area contributed by atoms with E-state index < -0.39 is 0 Å². The molecule has 0 N–H and O–H groups in total. The van der Waals surface area contributed by atoms with Crippen molar-refractivity contribution in [1.29, 1.82) is 5.26 Å². The Labute approximate surface area is 236 Å². The lowest BCUT2D eigenvalue weighted by molar-refractivity contribution is -0.659. The van der Waals surface area contributed by atoms with Crippen molar-refractivity contribution in [2.24, 2.45) is 17.9 Å². The molecule has 4 aromatic carbocycles. The molecular formula is C36H37N2S+. The molecule has 5 aromatic rings. The van der Waals surface area contributed by atoms with E-state index in [0.717, 1.165) is 12.8 Å². The molecule has 2 heterocycles. The van der Waals surface area contributed by atoms with E-state index >= 15 is 0 Å². The second-order valence-corrected chi connectivity index (χ2v) is 14.4. The molecule has 0 radical (unpaired) electrons. The van der Waals surface area contributed by atoms with E-state index in [-0.39, 0.29) is 10.8 Å². The summed E-state index contributed by atoms with van der Waals surface area (Å²) >= 11 is 1.96. The highest BCUT2D eigenvalue weighted by Crippen LogP contribution is 2.53. The van der Waals surface area contributed by atoms with Crippen LogP contribution in [0.15, 0.2) is 64.5 Å². The van der Waals surface area contributed by atoms with Gasteiger partial charge >= 0.3 is 0 Å². The smallest absolute Gasteiger partial charge is 0.200 e. The zero-order valence-electron chi connectivity index (χ0n) is 24.4. The summed E-state index contributed by atoms with van der Waals surface area (Å²) in [5, 5.41) is 17.6. The van der Waals surface area contributed by atoms with Crippen LogP contribution in [-0.4, -0.2) is 0 Å². The molecule has 0 fully saturated rings. The Morgan fingerprint density at radius 1 is 0.846 bits per heavy atom. The SMILES string of the molecule is Cc1ccc2c(CC(C)(C)C)c3c(c(C)c2c1)-c1c2c(cc4ccc(CC(C)(C)C#N)cc4c2cc[n+]1C)S3. The highest BCUT2D eigenvalue weighted by Gasteiger charge is 2.33. The topological polar surface area (TPSA) is 27.7 Å². The van der Waals surface area contributed by atoms with Gasteiger partial charge in [0.05, 0.1) is 22.4 Å². The van der Waals surface area contributed by atoms with Crippen LogP contribution in [-0.2, 0) is 19.9 Å². The average Bonchev–Trinajstić information content (AvgIpc) is 2.87. The number of pyridine rings is 1. The standard InChI is InChI=1S/C36H37N2S/c1-21-9-12-25-27(15-21)22(2)31-33-32-26(13-14-38(33)8)28-16-23(18-36(6,7)20-37)10-11-24(28)17-30(32)39-34(31)29(25)19-35(3,4)5/h9-17H,18-19H2,1-8H3/q+1. The van der Waals surface area contributed by atoms with Crippen LogP contribution < -0.4 is 4.57 Å². The van der Waals surface area contributed by atoms with E-state index in [9.17, 15) is 5.26 Å². The molecule has 1 aliphatic heterocycles. The fourth-order valence-corrected chi connectivity index (χ4v) is 7.73. The van der Waals surface area contributed by atoms with Crippen LogP contribution in [0, 0.1) is 36.0 Å². The summed E-state index contributed by atoms with van der Waals surface area (Å²) < 4.78 is 2.33. The Hall–Kier alpha value is -3.35. The van der Waals surface area contributed by atoms with Crippen LogP contribution in [0.3, 0.4) is 0 Å². The van der Waals surface area contributed by atoms with Crippen LogP contribution in [0.5, 0.6) is 0 Å². The molecule has 3 heteroatoms. The van der Waals surface area contributed by atoms with Crippen LogP contribution in [0.4, 0.5) is 0 Å². The summed E-state index contributed by atoms with van der Waals surface area (Å²) in [6.07, 6.45) is 4.01. The highest BCUT2D eigenvalue weighted by molar-refractivity contribution is 8.00. The quantitative estimate of drug-likeness (QED) is 0.169. The first kappa shape index (κ1) is 25.9. The normalized spacial score (nSPS) is 13.2. The first-order valence-electron chi connectivity index (χ1n) is 13.9. The summed E-state index contributed by atoms with van der Waals surface area (Å²) in [5.74, 6) is 0. The summed E-state index contributed by atoms with van der Waals surface area (Å²) in [6.45, 7) is 15.6. The van der Waals surface area contributed by atoms with Gasteiger partial charge in [0, 0.05) is 21.2 Å². The summed E-state index contributed by atoms with van der Waals surface area (Å²) in [6, 6.07) is 20.9. The van der Waals surface area contributed by atoms with Gasteiger partial charge in [-0.15, -0.1) is 0 Å². The van der Waals surface area contributed by atoms with Crippen molar-refractivity contribution in [3.63, 3.8) is 0 Å². The van der Waals surface area contributed by atoms with Gasteiger partial charge in [0.25, 0.3) is 0 Å². The van der Waals surface area contributed by atoms with Crippen molar-refractivity contribution < 1.29 is 4.57 Å². The van der Waals surface area contributed by atoms with Crippen molar-refractivity contribution in [1.82, 2.24) is 0 Å². The Kier molecular flexibility index (Phi) is 5.87. The van der Waals surface area contributed by atoms with E-state index in [1.165, 1.54) is 75.6 Å². The zero-order chi connectivity index (χ0) is 27.9. The second-order valence-electron chi connectivity index (χ2n) is 13.4. The molecule has 196 valence electrons. The van der Waals surface area contributed by atoms with Gasteiger partial charge in [-0.05, 0) is 90.3 Å². The lowest BCUT2D eigenvalue weighted by Gasteiger charge is -2.28. The maximum Gasteiger partial charge on any atom is 0.222 e. The van der Waals surface area contributed by atoms with Crippen LogP contribution in [0.1, 0.15) is 56.9 Å². The summed E-state index contributed by atoms with van der Waals surface area (Å²) in [4.78, 5) is 2.75. The molecule has 0 saturated heterocycles. The summed E-state index contributed by atoms with van der Waals surface area (Å²) in [5.41, 5.74) is 7.85. The van der Waals surface area contributed by atoms with E-state index in [2.05, 4.69) is 107 Å². The molecule has 0 bridgehead atoms. The number of aryl methyl sites for hydroxylation is 3. The molecule has 0 aliphatic carbocycles. The number of hydrogen-bond acceptors (Lipinski definition) is 2. The summed E-state index contributed by atoms with van der Waals surface area (Å²) in [7, 11) is 2.19. The number of aromatic nitrogens is 1. The van der Waals surface area contributed by atoms with Gasteiger partial charge in [0.1, 0.15) is 7.05 Å². The van der Waals surface area contributed by atoms with E-state index in [1.54, 1.807) is 0 Å². The van der Waals surface area contributed by atoms with Gasteiger partial charge in [-0.1, -0.05) is 74.5 Å². The van der Waals surface area contributed by atoms with Crippen molar-refractivity contribution in [2.75, 3.05) is 0 Å². The largest absolute Gasteiger partial charge is 0.222 e. The predicted molar refractivity (Wildman–Crippen MR) is 165 cm³/mol. The average molecular weight is 530 g/mol. The maximum absolute atomic E-state index is 9.63. The van der Waals surface area contributed by atoms with Crippen molar-refractivity contribution in [2.45, 2.75) is 71.1 Å². The first-order valence-corrected chi connectivity index (χ1v) is 14.7. The Morgan fingerprint density at radius 3 is 2.33 bits per heavy atom. The zero-order valence-corrected chi connectivity index (χ0v) is 25.2. The van der Waals surface area contributed by atoms with Gasteiger partial charge in [0.15, 0.2) is 6.20 Å². The fraction of sp³-hybridized carbons (Fsp3) is 0.333. The number of benzene rings is 4. The Balaban J connectivity index is 1.71. The van der Waals surface area contributed by atoms with Gasteiger partial charge in [0.2, 0.25) is 5.69 Å². The molecule has 0 amide bonds. The number of fused-ring (bicyclic) bond motifs is 5. The Bertz CT molecular complexity index is 1880. The first-order chi connectivity index (χ1) is 18.4. The van der Waals surface area contributed by atoms with Crippen LogP contribution in [0.2, 0.25) is 0 Å². The third-order valence-electron chi connectivity index (χ3n) is 8.15. The van der Waals surface area contributed by atoms with E-state index in [1.807, 2.05) is 25.6 Å². The monoisotopic (exact) mass is 529 g/mol. The molecular weight excluding hydrogens is 492 g/mol. The van der Waals surface area contributed by atoms with Crippen molar-refractivity contribution in [3.8, 4) is 17.3 Å². The Morgan fingerprint density at radius 2 is 1.62 bits per heavy atom. The molecule has 6 rings (SSSR count). The van der Waals surface area contributed by atoms with Crippen LogP contribution >= 0.6 is 11.8 Å². The van der Waals surface area contributed by atoms with Gasteiger partial charge in [-0.3, -0.25) is 0 Å². The maximum atomic E-state index is 9.63. The lowest BCUT2D eigenvalue weighted by atomic mass is 9.82. The van der Waals surface area contributed by atoms with E-state index in [0.29, 0.717) is 0 Å². The molecule has 1 aliphatic rings. The molecule has 0 spiro atoms. The van der Waals surface area contributed by atoms with Gasteiger partial charge in [-0.25, -0.2) is 4.57 Å². The second kappa shape index (κ2) is 8.83. The molecule has 39 heavy (non-hydrogen) atoms.